The molecule has 0 saturated carbocycles. The Kier molecular flexibility index (Phi) is 7.79. The summed E-state index contributed by atoms with van der Waals surface area (Å²) in [5.74, 6) is 0. The van der Waals surface area contributed by atoms with E-state index in [9.17, 15) is 0 Å². The molecule has 1 aromatic rings. The van der Waals surface area contributed by atoms with Crippen molar-refractivity contribution in [2.45, 2.75) is 111 Å². The van der Waals surface area contributed by atoms with Crippen molar-refractivity contribution >= 4 is 12.6 Å². The van der Waals surface area contributed by atoms with Crippen LogP contribution in [-0.4, -0.2) is 18.3 Å². The Morgan fingerprint density at radius 1 is 0.808 bits per heavy atom. The largest absolute Gasteiger partial charge is 0.495 e. The van der Waals surface area contributed by atoms with Crippen LogP contribution in [0, 0.1) is 0 Å². The Bertz CT molecular complexity index is 549. The van der Waals surface area contributed by atoms with Gasteiger partial charge in [0.15, 0.2) is 0 Å². The van der Waals surface area contributed by atoms with Crippen LogP contribution in [0.25, 0.3) is 0 Å². The molecule has 26 heavy (non-hydrogen) atoms. The lowest BCUT2D eigenvalue weighted by Gasteiger charge is -2.32. The molecule has 2 rings (SSSR count). The molecule has 2 nitrogen and oxygen atoms in total. The van der Waals surface area contributed by atoms with E-state index in [2.05, 4.69) is 59.7 Å². The van der Waals surface area contributed by atoms with Gasteiger partial charge < -0.3 is 9.31 Å². The van der Waals surface area contributed by atoms with Crippen LogP contribution in [0.3, 0.4) is 0 Å². The fraction of sp³-hybridized carbons (Fsp3) is 0.739. The van der Waals surface area contributed by atoms with Gasteiger partial charge in [-0.1, -0.05) is 70.6 Å². The summed E-state index contributed by atoms with van der Waals surface area (Å²) in [6, 6.07) is 6.88. The standard InChI is InChI=1S/C23H39BO2/c1-7-9-10-11-12-13-14-15-19-16-17-21(20(8-2)18-19)24-25-22(3,4)23(5,6)26-24/h16-18H,7-15H2,1-6H3. The summed E-state index contributed by atoms with van der Waals surface area (Å²) < 4.78 is 12.5. The molecule has 0 N–H and O–H groups in total. The molecule has 0 aromatic heterocycles. The van der Waals surface area contributed by atoms with E-state index >= 15 is 0 Å². The Balaban J connectivity index is 1.92. The van der Waals surface area contributed by atoms with E-state index in [0.29, 0.717) is 0 Å². The summed E-state index contributed by atoms with van der Waals surface area (Å²) >= 11 is 0. The van der Waals surface area contributed by atoms with Gasteiger partial charge in [0, 0.05) is 0 Å². The van der Waals surface area contributed by atoms with Gasteiger partial charge in [-0.25, -0.2) is 0 Å². The van der Waals surface area contributed by atoms with Gasteiger partial charge in [0.1, 0.15) is 0 Å². The minimum Gasteiger partial charge on any atom is -0.399 e. The van der Waals surface area contributed by atoms with Crippen molar-refractivity contribution in [3.05, 3.63) is 29.3 Å². The molecule has 0 aliphatic carbocycles. The average Bonchev–Trinajstić information content (AvgIpc) is 2.81. The van der Waals surface area contributed by atoms with Gasteiger partial charge >= 0.3 is 7.12 Å². The molecular weight excluding hydrogens is 319 g/mol. The first-order valence-corrected chi connectivity index (χ1v) is 10.8. The van der Waals surface area contributed by atoms with Crippen molar-refractivity contribution in [3.8, 4) is 0 Å². The van der Waals surface area contributed by atoms with Crippen molar-refractivity contribution in [3.63, 3.8) is 0 Å². The van der Waals surface area contributed by atoms with Crippen molar-refractivity contribution in [1.82, 2.24) is 0 Å². The lowest BCUT2D eigenvalue weighted by Crippen LogP contribution is -2.41. The third-order valence-corrected chi connectivity index (χ3v) is 6.16. The molecular formula is C23H39BO2. The summed E-state index contributed by atoms with van der Waals surface area (Å²) in [6.07, 6.45) is 11.7. The molecule has 0 radical (unpaired) electrons. The molecule has 0 spiro atoms. The third kappa shape index (κ3) is 5.36. The summed E-state index contributed by atoms with van der Waals surface area (Å²) in [4.78, 5) is 0. The number of aryl methyl sites for hydroxylation is 2. The minimum absolute atomic E-state index is 0.248. The zero-order valence-corrected chi connectivity index (χ0v) is 18.0. The zero-order valence-electron chi connectivity index (χ0n) is 18.0. The molecule has 1 aromatic carbocycles. The summed E-state index contributed by atoms with van der Waals surface area (Å²) in [6.45, 7) is 13.0. The average molecular weight is 358 g/mol. The molecule has 0 amide bonds. The predicted molar refractivity (Wildman–Crippen MR) is 113 cm³/mol. The zero-order chi connectivity index (χ0) is 19.2. The van der Waals surface area contributed by atoms with Gasteiger partial charge in [-0.15, -0.1) is 0 Å². The normalized spacial score (nSPS) is 18.5. The van der Waals surface area contributed by atoms with Gasteiger partial charge in [-0.2, -0.15) is 0 Å². The molecule has 1 heterocycles. The van der Waals surface area contributed by atoms with Crippen LogP contribution in [0.5, 0.6) is 0 Å². The molecule has 3 heteroatoms. The van der Waals surface area contributed by atoms with Crippen LogP contribution >= 0.6 is 0 Å². The summed E-state index contributed by atoms with van der Waals surface area (Å²) in [5, 5.41) is 0. The molecule has 1 fully saturated rings. The molecule has 0 bridgehead atoms. The molecule has 0 atom stereocenters. The SMILES string of the molecule is CCCCCCCCCc1ccc(B2OC(C)(C)C(C)(C)O2)c(CC)c1. The first kappa shape index (κ1) is 21.5. The van der Waals surface area contributed by atoms with E-state index in [1.807, 2.05) is 0 Å². The van der Waals surface area contributed by atoms with Crippen molar-refractivity contribution < 1.29 is 9.31 Å². The first-order chi connectivity index (χ1) is 12.3. The summed E-state index contributed by atoms with van der Waals surface area (Å²) in [7, 11) is -0.248. The highest BCUT2D eigenvalue weighted by Crippen LogP contribution is 2.36. The topological polar surface area (TPSA) is 18.5 Å². The Morgan fingerprint density at radius 2 is 1.38 bits per heavy atom. The highest BCUT2D eigenvalue weighted by Gasteiger charge is 2.52. The maximum absolute atomic E-state index is 6.26. The Hall–Kier alpha value is -0.795. The van der Waals surface area contributed by atoms with Crippen LogP contribution < -0.4 is 5.46 Å². The maximum atomic E-state index is 6.26. The van der Waals surface area contributed by atoms with Crippen molar-refractivity contribution in [2.75, 3.05) is 0 Å². The van der Waals surface area contributed by atoms with Crippen LogP contribution in [0.15, 0.2) is 18.2 Å². The molecule has 1 saturated heterocycles. The van der Waals surface area contributed by atoms with E-state index in [4.69, 9.17) is 9.31 Å². The molecule has 0 unspecified atom stereocenters. The van der Waals surface area contributed by atoms with E-state index in [-0.39, 0.29) is 18.3 Å². The van der Waals surface area contributed by atoms with Crippen LogP contribution in [0.4, 0.5) is 0 Å². The fourth-order valence-corrected chi connectivity index (χ4v) is 3.61. The van der Waals surface area contributed by atoms with Gasteiger partial charge in [0.05, 0.1) is 11.2 Å². The molecule has 1 aliphatic heterocycles. The van der Waals surface area contributed by atoms with Gasteiger partial charge in [-0.05, 0) is 63.5 Å². The van der Waals surface area contributed by atoms with Gasteiger partial charge in [-0.3, -0.25) is 0 Å². The minimum atomic E-state index is -0.279. The van der Waals surface area contributed by atoms with Crippen LogP contribution in [0.2, 0.25) is 0 Å². The molecule has 1 aliphatic rings. The third-order valence-electron chi connectivity index (χ3n) is 6.16. The predicted octanol–water partition coefficient (Wildman–Crippen LogP) is 5.84. The number of unbranched alkanes of at least 4 members (excludes halogenated alkanes) is 6. The van der Waals surface area contributed by atoms with Crippen LogP contribution in [0.1, 0.15) is 97.6 Å². The maximum Gasteiger partial charge on any atom is 0.495 e. The number of hydrogen-bond donors (Lipinski definition) is 0. The smallest absolute Gasteiger partial charge is 0.399 e. The second kappa shape index (κ2) is 9.42. The van der Waals surface area contributed by atoms with Crippen molar-refractivity contribution in [2.24, 2.45) is 0 Å². The summed E-state index contributed by atoms with van der Waals surface area (Å²) in [5.41, 5.74) is 3.47. The first-order valence-electron chi connectivity index (χ1n) is 10.8. The Labute approximate surface area is 162 Å². The Morgan fingerprint density at radius 3 is 1.96 bits per heavy atom. The van der Waals surface area contributed by atoms with Gasteiger partial charge in [0.2, 0.25) is 0 Å². The van der Waals surface area contributed by atoms with Crippen molar-refractivity contribution in [1.29, 1.82) is 0 Å². The van der Waals surface area contributed by atoms with E-state index < -0.39 is 0 Å². The van der Waals surface area contributed by atoms with Crippen LogP contribution in [-0.2, 0) is 22.2 Å². The highest BCUT2D eigenvalue weighted by atomic mass is 16.7. The van der Waals surface area contributed by atoms with E-state index in [0.717, 1.165) is 6.42 Å². The van der Waals surface area contributed by atoms with E-state index in [1.54, 1.807) is 0 Å². The molecule has 146 valence electrons. The second-order valence-electron chi connectivity index (χ2n) is 8.85. The fourth-order valence-electron chi connectivity index (χ4n) is 3.61. The van der Waals surface area contributed by atoms with Gasteiger partial charge in [0.25, 0.3) is 0 Å². The number of hydrogen-bond acceptors (Lipinski definition) is 2. The highest BCUT2D eigenvalue weighted by molar-refractivity contribution is 6.62. The lowest BCUT2D eigenvalue weighted by molar-refractivity contribution is 0.00578. The quantitative estimate of drug-likeness (QED) is 0.386. The lowest BCUT2D eigenvalue weighted by atomic mass is 9.74. The number of benzene rings is 1. The monoisotopic (exact) mass is 358 g/mol. The number of rotatable bonds is 10. The second-order valence-corrected chi connectivity index (χ2v) is 8.85. The van der Waals surface area contributed by atoms with E-state index in [1.165, 1.54) is 68.0 Å².